The van der Waals surface area contributed by atoms with Crippen molar-refractivity contribution in [3.05, 3.63) is 55.3 Å². The van der Waals surface area contributed by atoms with E-state index in [1.54, 1.807) is 43.0 Å². The summed E-state index contributed by atoms with van der Waals surface area (Å²) in [6.07, 6.45) is 10.7. The molecule has 0 amide bonds. The van der Waals surface area contributed by atoms with E-state index >= 15 is 0 Å². The van der Waals surface area contributed by atoms with Gasteiger partial charge < -0.3 is 10.6 Å². The zero-order valence-electron chi connectivity index (χ0n) is 16.7. The van der Waals surface area contributed by atoms with Crippen molar-refractivity contribution in [2.45, 2.75) is 0 Å². The fourth-order valence-electron chi connectivity index (χ4n) is 2.88. The Morgan fingerprint density at radius 3 is 2.65 bits per heavy atom. The summed E-state index contributed by atoms with van der Waals surface area (Å²) >= 11 is 0. The molecule has 3 heterocycles. The van der Waals surface area contributed by atoms with Crippen molar-refractivity contribution in [2.75, 3.05) is 28.2 Å². The van der Waals surface area contributed by atoms with Crippen LogP contribution in [-0.2, 0) is 10.0 Å². The van der Waals surface area contributed by atoms with Crippen LogP contribution in [0.5, 0.6) is 0 Å². The molecular formula is C19H19N9O2S. The smallest absolute Gasteiger partial charge is 0.232 e. The maximum Gasteiger partial charge on any atom is 0.232 e. The minimum Gasteiger partial charge on any atom is -0.338 e. The zero-order chi connectivity index (χ0) is 22.0. The lowest BCUT2D eigenvalue weighted by Crippen LogP contribution is -2.26. The first-order chi connectivity index (χ1) is 14.9. The van der Waals surface area contributed by atoms with Gasteiger partial charge in [-0.05, 0) is 12.1 Å². The van der Waals surface area contributed by atoms with Gasteiger partial charge in [-0.3, -0.25) is 19.4 Å². The molecule has 3 N–H and O–H groups in total. The van der Waals surface area contributed by atoms with Crippen molar-refractivity contribution in [3.8, 4) is 0 Å². The fraction of sp³-hybridized carbons (Fsp3) is 0.105. The highest BCUT2D eigenvalue weighted by Crippen LogP contribution is 2.35. The number of aromatic nitrogens is 6. The predicted molar refractivity (Wildman–Crippen MR) is 120 cm³/mol. The van der Waals surface area contributed by atoms with Crippen molar-refractivity contribution in [2.24, 2.45) is 0 Å². The number of hydrogen-bond acceptors (Lipinski definition) is 9. The molecular weight excluding hydrogens is 418 g/mol. The maximum absolute atomic E-state index is 12.3. The lowest BCUT2D eigenvalue weighted by molar-refractivity contribution is 0.600. The quantitative estimate of drug-likeness (QED) is 0.398. The molecule has 0 saturated carbocycles. The van der Waals surface area contributed by atoms with Crippen molar-refractivity contribution in [1.82, 2.24) is 30.1 Å². The molecule has 0 radical (unpaired) electrons. The van der Waals surface area contributed by atoms with Crippen LogP contribution in [0.15, 0.2) is 49.7 Å². The SMILES string of the molecule is C=Cc1cnc(Nc2cn[nH]c2)nc1Nc1ccc2nccnc2c1N(C)S(C)(=O)=O. The topological polar surface area (TPSA) is 142 Å². The average Bonchev–Trinajstić information content (AvgIpc) is 3.26. The van der Waals surface area contributed by atoms with Gasteiger partial charge >= 0.3 is 0 Å². The number of aromatic amines is 1. The van der Waals surface area contributed by atoms with Crippen LogP contribution in [0.3, 0.4) is 0 Å². The molecule has 0 spiro atoms. The summed E-state index contributed by atoms with van der Waals surface area (Å²) in [6.45, 7) is 3.80. The van der Waals surface area contributed by atoms with Gasteiger partial charge in [0.2, 0.25) is 16.0 Å². The first-order valence-electron chi connectivity index (χ1n) is 9.07. The minimum atomic E-state index is -3.57. The molecule has 0 aliphatic rings. The van der Waals surface area contributed by atoms with Crippen LogP contribution in [0.2, 0.25) is 0 Å². The largest absolute Gasteiger partial charge is 0.338 e. The van der Waals surface area contributed by atoms with Crippen LogP contribution >= 0.6 is 0 Å². The van der Waals surface area contributed by atoms with E-state index in [2.05, 4.69) is 47.3 Å². The van der Waals surface area contributed by atoms with Gasteiger partial charge in [0, 0.05) is 37.4 Å². The van der Waals surface area contributed by atoms with Gasteiger partial charge in [0.1, 0.15) is 17.0 Å². The second kappa shape index (κ2) is 7.99. The minimum absolute atomic E-state index is 0.327. The number of nitrogens with zero attached hydrogens (tertiary/aromatic N) is 6. The summed E-state index contributed by atoms with van der Waals surface area (Å²) < 4.78 is 25.8. The molecule has 0 atom stereocenters. The van der Waals surface area contributed by atoms with Gasteiger partial charge in [0.15, 0.2) is 0 Å². The van der Waals surface area contributed by atoms with E-state index < -0.39 is 10.0 Å². The number of fused-ring (bicyclic) bond motifs is 1. The van der Waals surface area contributed by atoms with E-state index in [4.69, 9.17) is 0 Å². The predicted octanol–water partition coefficient (Wildman–Crippen LogP) is 2.67. The number of rotatable bonds is 7. The molecule has 0 aliphatic heterocycles. The molecule has 12 heteroatoms. The van der Waals surface area contributed by atoms with Crippen molar-refractivity contribution in [3.63, 3.8) is 0 Å². The highest BCUT2D eigenvalue weighted by atomic mass is 32.2. The van der Waals surface area contributed by atoms with Crippen molar-refractivity contribution < 1.29 is 8.42 Å². The molecule has 158 valence electrons. The molecule has 3 aromatic heterocycles. The Labute approximate surface area is 178 Å². The molecule has 1 aromatic carbocycles. The third kappa shape index (κ3) is 4.14. The monoisotopic (exact) mass is 437 g/mol. The van der Waals surface area contributed by atoms with Crippen molar-refractivity contribution >= 4 is 56.0 Å². The Morgan fingerprint density at radius 1 is 1.13 bits per heavy atom. The summed E-state index contributed by atoms with van der Waals surface area (Å²) in [5.41, 5.74) is 3.16. The third-order valence-corrected chi connectivity index (χ3v) is 5.65. The summed E-state index contributed by atoms with van der Waals surface area (Å²) in [7, 11) is -2.11. The van der Waals surface area contributed by atoms with E-state index in [0.29, 0.717) is 45.4 Å². The zero-order valence-corrected chi connectivity index (χ0v) is 17.6. The molecule has 0 saturated heterocycles. The van der Waals surface area contributed by atoms with E-state index in [-0.39, 0.29) is 0 Å². The highest BCUT2D eigenvalue weighted by molar-refractivity contribution is 7.92. The molecule has 0 aliphatic carbocycles. The lowest BCUT2D eigenvalue weighted by atomic mass is 10.2. The lowest BCUT2D eigenvalue weighted by Gasteiger charge is -2.22. The maximum atomic E-state index is 12.3. The molecule has 4 aromatic rings. The van der Waals surface area contributed by atoms with Gasteiger partial charge in [0.25, 0.3) is 0 Å². The fourth-order valence-corrected chi connectivity index (χ4v) is 3.40. The van der Waals surface area contributed by atoms with E-state index in [0.717, 1.165) is 10.6 Å². The average molecular weight is 437 g/mol. The number of nitrogens with one attached hydrogen (secondary N) is 3. The Morgan fingerprint density at radius 2 is 1.94 bits per heavy atom. The number of anilines is 5. The summed E-state index contributed by atoms with van der Waals surface area (Å²) in [4.78, 5) is 17.4. The van der Waals surface area contributed by atoms with Gasteiger partial charge in [-0.25, -0.2) is 13.4 Å². The van der Waals surface area contributed by atoms with Gasteiger partial charge in [-0.15, -0.1) is 0 Å². The summed E-state index contributed by atoms with van der Waals surface area (Å²) in [6, 6.07) is 3.48. The third-order valence-electron chi connectivity index (χ3n) is 4.47. The molecule has 11 nitrogen and oxygen atoms in total. The highest BCUT2D eigenvalue weighted by Gasteiger charge is 2.21. The molecule has 4 rings (SSSR count). The Balaban J connectivity index is 1.82. The second-order valence-electron chi connectivity index (χ2n) is 6.55. The van der Waals surface area contributed by atoms with E-state index in [9.17, 15) is 8.42 Å². The van der Waals surface area contributed by atoms with Gasteiger partial charge in [-0.1, -0.05) is 12.7 Å². The van der Waals surface area contributed by atoms with Crippen LogP contribution in [-0.4, -0.2) is 51.9 Å². The van der Waals surface area contributed by atoms with Crippen LogP contribution in [0, 0.1) is 0 Å². The Hall–Kier alpha value is -4.06. The second-order valence-corrected chi connectivity index (χ2v) is 8.57. The Kier molecular flexibility index (Phi) is 5.21. The van der Waals surface area contributed by atoms with E-state index in [1.165, 1.54) is 13.2 Å². The van der Waals surface area contributed by atoms with Crippen LogP contribution < -0.4 is 14.9 Å². The van der Waals surface area contributed by atoms with Crippen LogP contribution in [0.4, 0.5) is 28.8 Å². The summed E-state index contributed by atoms with van der Waals surface area (Å²) in [5.74, 6) is 0.760. The first kappa shape index (κ1) is 20.2. The molecule has 0 fully saturated rings. The van der Waals surface area contributed by atoms with Gasteiger partial charge in [0.05, 0.1) is 29.3 Å². The summed E-state index contributed by atoms with van der Waals surface area (Å²) in [5, 5.41) is 12.8. The number of sulfonamides is 1. The number of H-pyrrole nitrogens is 1. The van der Waals surface area contributed by atoms with Gasteiger partial charge in [-0.2, -0.15) is 10.1 Å². The van der Waals surface area contributed by atoms with Crippen LogP contribution in [0.1, 0.15) is 5.56 Å². The van der Waals surface area contributed by atoms with Crippen molar-refractivity contribution in [1.29, 1.82) is 0 Å². The molecule has 0 unspecified atom stereocenters. The molecule has 0 bridgehead atoms. The van der Waals surface area contributed by atoms with E-state index in [1.807, 2.05) is 0 Å². The Bertz CT molecular complexity index is 1350. The van der Waals surface area contributed by atoms with Crippen LogP contribution in [0.25, 0.3) is 17.1 Å². The number of benzene rings is 1. The number of hydrogen-bond donors (Lipinski definition) is 3. The standard InChI is InChI=1S/C19H19N9O2S/c1-4-12-9-22-19(25-13-10-23-24-11-13)27-18(12)26-15-6-5-14-16(21-8-7-20-14)17(15)28(2)31(3,29)30/h4-11H,1H2,2-3H3,(H,23,24)(H2,22,25,26,27). The molecule has 31 heavy (non-hydrogen) atoms. The first-order valence-corrected chi connectivity index (χ1v) is 10.9. The normalized spacial score (nSPS) is 11.3.